The number of carbonyl (C=O) groups is 1. The van der Waals surface area contributed by atoms with Gasteiger partial charge in [-0.05, 0) is 48.5 Å². The third-order valence-electron chi connectivity index (χ3n) is 5.56. The molecule has 0 saturated heterocycles. The van der Waals surface area contributed by atoms with Crippen LogP contribution in [0.15, 0.2) is 110 Å². The van der Waals surface area contributed by atoms with Crippen molar-refractivity contribution in [3.63, 3.8) is 0 Å². The Morgan fingerprint density at radius 1 is 0.618 bits per heavy atom. The van der Waals surface area contributed by atoms with Crippen molar-refractivity contribution in [3.05, 3.63) is 110 Å². The topological polar surface area (TPSA) is 75.7 Å². The molecule has 4 heterocycles. The van der Waals surface area contributed by atoms with Gasteiger partial charge in [-0.15, -0.1) is 0 Å². The molecule has 34 heavy (non-hydrogen) atoms. The van der Waals surface area contributed by atoms with Crippen molar-refractivity contribution < 1.29 is 4.79 Å². The predicted octanol–water partition coefficient (Wildman–Crippen LogP) is 5.96. The number of fused-ring (bicyclic) bond motifs is 2. The molecule has 7 heteroatoms. The van der Waals surface area contributed by atoms with Crippen molar-refractivity contribution in [2.75, 3.05) is 10.6 Å². The minimum absolute atomic E-state index is 0.320. The molecule has 0 aliphatic rings. The molecule has 0 aliphatic carbocycles. The molecule has 0 radical (unpaired) electrons. The molecule has 0 bridgehead atoms. The van der Waals surface area contributed by atoms with Gasteiger partial charge in [-0.25, -0.2) is 14.8 Å². The highest BCUT2D eigenvalue weighted by Crippen LogP contribution is 2.24. The molecule has 2 N–H and O–H groups in total. The lowest BCUT2D eigenvalue weighted by Gasteiger charge is -2.09. The fraction of sp³-hybridized carbons (Fsp3) is 0. The number of anilines is 2. The van der Waals surface area contributed by atoms with E-state index in [1.54, 1.807) is 0 Å². The van der Waals surface area contributed by atoms with Crippen molar-refractivity contribution in [2.45, 2.75) is 0 Å². The van der Waals surface area contributed by atoms with Gasteiger partial charge in [0.25, 0.3) is 0 Å². The molecule has 164 valence electrons. The molecule has 0 fully saturated rings. The highest BCUT2D eigenvalue weighted by Gasteiger charge is 2.09. The Labute approximate surface area is 195 Å². The zero-order valence-electron chi connectivity index (χ0n) is 18.1. The van der Waals surface area contributed by atoms with Gasteiger partial charge < -0.3 is 19.4 Å². The quantitative estimate of drug-likeness (QED) is 0.352. The molecule has 0 atom stereocenters. The van der Waals surface area contributed by atoms with E-state index in [1.165, 1.54) is 0 Å². The van der Waals surface area contributed by atoms with Gasteiger partial charge in [0.2, 0.25) is 0 Å². The molecule has 0 unspecified atom stereocenters. The van der Waals surface area contributed by atoms with Crippen molar-refractivity contribution in [1.29, 1.82) is 0 Å². The first-order chi connectivity index (χ1) is 16.7. The lowest BCUT2D eigenvalue weighted by molar-refractivity contribution is 0.262. The molecule has 2 aromatic carbocycles. The van der Waals surface area contributed by atoms with Gasteiger partial charge in [-0.2, -0.15) is 0 Å². The summed E-state index contributed by atoms with van der Waals surface area (Å²) in [5.41, 5.74) is 6.65. The van der Waals surface area contributed by atoms with Crippen LogP contribution in [0.2, 0.25) is 0 Å². The van der Waals surface area contributed by atoms with Gasteiger partial charge in [0.05, 0.1) is 11.4 Å². The first-order valence-corrected chi connectivity index (χ1v) is 10.9. The smallest absolute Gasteiger partial charge is 0.308 e. The van der Waals surface area contributed by atoms with E-state index >= 15 is 0 Å². The number of benzene rings is 2. The van der Waals surface area contributed by atoms with Crippen LogP contribution < -0.4 is 10.6 Å². The number of hydrogen-bond acceptors (Lipinski definition) is 3. The summed E-state index contributed by atoms with van der Waals surface area (Å²) < 4.78 is 3.94. The van der Waals surface area contributed by atoms with Crippen molar-refractivity contribution in [1.82, 2.24) is 18.8 Å². The second-order valence-electron chi connectivity index (χ2n) is 7.93. The number of aromatic nitrogens is 4. The van der Waals surface area contributed by atoms with Crippen LogP contribution in [0.3, 0.4) is 0 Å². The maximum Gasteiger partial charge on any atom is 0.323 e. The van der Waals surface area contributed by atoms with Crippen molar-refractivity contribution >= 4 is 28.7 Å². The number of imidazole rings is 2. The highest BCUT2D eigenvalue weighted by molar-refractivity contribution is 6.00. The molecule has 0 saturated carbocycles. The first-order valence-electron chi connectivity index (χ1n) is 10.9. The number of amides is 2. The normalized spacial score (nSPS) is 11.1. The van der Waals surface area contributed by atoms with E-state index in [1.807, 2.05) is 119 Å². The number of urea groups is 1. The maximum absolute atomic E-state index is 12.7. The average molecular weight is 444 g/mol. The Hall–Kier alpha value is -4.91. The Balaban J connectivity index is 1.19. The molecule has 0 spiro atoms. The molecule has 6 aromatic rings. The Morgan fingerprint density at radius 2 is 1.12 bits per heavy atom. The average Bonchev–Trinajstić information content (AvgIpc) is 3.49. The van der Waals surface area contributed by atoms with Crippen LogP contribution in [0.1, 0.15) is 0 Å². The van der Waals surface area contributed by atoms with Crippen LogP contribution in [-0.4, -0.2) is 24.8 Å². The number of hydrogen-bond donors (Lipinski definition) is 2. The first kappa shape index (κ1) is 19.8. The minimum atomic E-state index is -0.320. The van der Waals surface area contributed by atoms with Gasteiger partial charge in [-0.1, -0.05) is 36.4 Å². The van der Waals surface area contributed by atoms with Gasteiger partial charge in [0.1, 0.15) is 11.3 Å². The monoisotopic (exact) mass is 444 g/mol. The second kappa shape index (κ2) is 8.22. The van der Waals surface area contributed by atoms with Crippen LogP contribution >= 0.6 is 0 Å². The third-order valence-corrected chi connectivity index (χ3v) is 5.56. The van der Waals surface area contributed by atoms with E-state index in [-0.39, 0.29) is 6.03 Å². The number of nitrogens with zero attached hydrogens (tertiary/aromatic N) is 4. The SMILES string of the molecule is O=C(Nc1cccc(-c2cn3ccccc3n2)c1)Nc1cccc(-c2cn3ccccc3n2)c1. The van der Waals surface area contributed by atoms with Crippen molar-refractivity contribution in [2.24, 2.45) is 0 Å². The number of rotatable bonds is 4. The summed E-state index contributed by atoms with van der Waals surface area (Å²) in [5.74, 6) is 0. The molecule has 7 nitrogen and oxygen atoms in total. The summed E-state index contributed by atoms with van der Waals surface area (Å²) in [6, 6.07) is 26.7. The fourth-order valence-electron chi connectivity index (χ4n) is 3.95. The van der Waals surface area contributed by atoms with Gasteiger partial charge in [-0.3, -0.25) is 0 Å². The molecular weight excluding hydrogens is 424 g/mol. The summed E-state index contributed by atoms with van der Waals surface area (Å²) in [4.78, 5) is 22.0. The van der Waals surface area contributed by atoms with Gasteiger partial charge in [0, 0.05) is 47.3 Å². The van der Waals surface area contributed by atoms with E-state index in [9.17, 15) is 4.79 Å². The van der Waals surface area contributed by atoms with E-state index in [2.05, 4.69) is 20.6 Å². The Bertz CT molecular complexity index is 1460. The number of carbonyl (C=O) groups excluding carboxylic acids is 1. The van der Waals surface area contributed by atoms with Gasteiger partial charge in [0.15, 0.2) is 0 Å². The van der Waals surface area contributed by atoms with E-state index in [0.29, 0.717) is 11.4 Å². The fourth-order valence-corrected chi connectivity index (χ4v) is 3.95. The van der Waals surface area contributed by atoms with Crippen LogP contribution in [0.4, 0.5) is 16.2 Å². The summed E-state index contributed by atoms with van der Waals surface area (Å²) in [5, 5.41) is 5.82. The lowest BCUT2D eigenvalue weighted by Crippen LogP contribution is -2.19. The molecule has 2 amide bonds. The minimum Gasteiger partial charge on any atom is -0.308 e. The number of pyridine rings is 2. The second-order valence-corrected chi connectivity index (χ2v) is 7.93. The summed E-state index contributed by atoms with van der Waals surface area (Å²) in [6.45, 7) is 0. The zero-order chi connectivity index (χ0) is 22.9. The van der Waals surface area contributed by atoms with E-state index < -0.39 is 0 Å². The highest BCUT2D eigenvalue weighted by atomic mass is 16.2. The Morgan fingerprint density at radius 3 is 1.59 bits per heavy atom. The predicted molar refractivity (Wildman–Crippen MR) is 134 cm³/mol. The van der Waals surface area contributed by atoms with Crippen LogP contribution in [0.25, 0.3) is 33.8 Å². The summed E-state index contributed by atoms with van der Waals surface area (Å²) in [7, 11) is 0. The standard InChI is InChI=1S/C27H20N6O/c34-27(28-21-9-5-7-19(15-21)23-17-32-13-3-1-11-25(32)30-23)29-22-10-6-8-20(16-22)24-18-33-14-4-2-12-26(33)31-24/h1-18H,(H2,28,29,34). The Kier molecular flexibility index (Phi) is 4.77. The van der Waals surface area contributed by atoms with Crippen LogP contribution in [0.5, 0.6) is 0 Å². The van der Waals surface area contributed by atoms with Crippen LogP contribution in [0, 0.1) is 0 Å². The van der Waals surface area contributed by atoms with Crippen molar-refractivity contribution in [3.8, 4) is 22.5 Å². The van der Waals surface area contributed by atoms with E-state index in [0.717, 1.165) is 33.8 Å². The molecule has 4 aromatic heterocycles. The lowest BCUT2D eigenvalue weighted by atomic mass is 10.1. The summed E-state index contributed by atoms with van der Waals surface area (Å²) >= 11 is 0. The summed E-state index contributed by atoms with van der Waals surface area (Å²) in [6.07, 6.45) is 7.86. The van der Waals surface area contributed by atoms with E-state index in [4.69, 9.17) is 0 Å². The zero-order valence-corrected chi connectivity index (χ0v) is 18.1. The maximum atomic E-state index is 12.7. The molecule has 0 aliphatic heterocycles. The van der Waals surface area contributed by atoms with Crippen LogP contribution in [-0.2, 0) is 0 Å². The molecular formula is C27H20N6O. The van der Waals surface area contributed by atoms with Gasteiger partial charge >= 0.3 is 6.03 Å². The largest absolute Gasteiger partial charge is 0.323 e. The number of nitrogens with one attached hydrogen (secondary N) is 2. The third kappa shape index (κ3) is 3.86. The molecule has 6 rings (SSSR count).